The molecule has 1 atom stereocenters. The molecule has 2 N–H and O–H groups in total. The monoisotopic (exact) mass is 347 g/mol. The van der Waals surface area contributed by atoms with Gasteiger partial charge in [-0.1, -0.05) is 38.4 Å². The highest BCUT2D eigenvalue weighted by Gasteiger charge is 2.37. The van der Waals surface area contributed by atoms with Gasteiger partial charge in [-0.25, -0.2) is 0 Å². The van der Waals surface area contributed by atoms with Gasteiger partial charge in [-0.15, -0.1) is 0 Å². The third-order valence-corrected chi connectivity index (χ3v) is 3.98. The number of nitrogens with one attached hydrogen (secondary N) is 1. The Kier molecular flexibility index (Phi) is 4.98. The summed E-state index contributed by atoms with van der Waals surface area (Å²) in [6.45, 7) is 5.12. The van der Waals surface area contributed by atoms with Crippen molar-refractivity contribution in [2.45, 2.75) is 20.8 Å². The highest BCUT2D eigenvalue weighted by Crippen LogP contribution is 2.32. The minimum atomic E-state index is -1.15. The standard InChI is InChI=1S/C13H15BrClNO3/c1-13(2,3)9(12(18)19)11(17)16-8-6-4-5-7(15)10(8)14/h4-6,9H,1-3H3,(H,16,17)(H,18,19). The molecule has 4 nitrogen and oxygen atoms in total. The van der Waals surface area contributed by atoms with Gasteiger partial charge in [0.15, 0.2) is 0 Å². The average Bonchev–Trinajstić information content (AvgIpc) is 2.22. The molecule has 0 aliphatic carbocycles. The van der Waals surface area contributed by atoms with Crippen molar-refractivity contribution in [1.29, 1.82) is 0 Å². The molecule has 1 amide bonds. The van der Waals surface area contributed by atoms with Gasteiger partial charge < -0.3 is 10.4 Å². The van der Waals surface area contributed by atoms with Crippen LogP contribution in [0.2, 0.25) is 5.02 Å². The summed E-state index contributed by atoms with van der Waals surface area (Å²) in [5.41, 5.74) is -0.228. The molecular formula is C13H15BrClNO3. The van der Waals surface area contributed by atoms with E-state index in [1.54, 1.807) is 39.0 Å². The fraction of sp³-hybridized carbons (Fsp3) is 0.385. The number of aliphatic carboxylic acids is 1. The first-order valence-corrected chi connectivity index (χ1v) is 6.79. The van der Waals surface area contributed by atoms with Crippen molar-refractivity contribution in [1.82, 2.24) is 0 Å². The largest absolute Gasteiger partial charge is 0.481 e. The molecule has 0 saturated heterocycles. The lowest BCUT2D eigenvalue weighted by Crippen LogP contribution is -2.39. The van der Waals surface area contributed by atoms with Crippen LogP contribution >= 0.6 is 27.5 Å². The number of hydrogen-bond donors (Lipinski definition) is 2. The predicted octanol–water partition coefficient (Wildman–Crippen LogP) is 3.79. The predicted molar refractivity (Wildman–Crippen MR) is 78.4 cm³/mol. The minimum Gasteiger partial charge on any atom is -0.481 e. The summed E-state index contributed by atoms with van der Waals surface area (Å²) in [7, 11) is 0. The van der Waals surface area contributed by atoms with Gasteiger partial charge in [0.2, 0.25) is 5.91 Å². The number of hydrogen-bond acceptors (Lipinski definition) is 2. The SMILES string of the molecule is CC(C)(C)C(C(=O)O)C(=O)Nc1cccc(Cl)c1Br. The third-order valence-electron chi connectivity index (χ3n) is 2.58. The number of carbonyl (C=O) groups excluding carboxylic acids is 1. The molecule has 6 heteroatoms. The van der Waals surface area contributed by atoms with E-state index in [0.717, 1.165) is 0 Å². The van der Waals surface area contributed by atoms with Gasteiger partial charge in [-0.05, 0) is 33.5 Å². The average molecular weight is 349 g/mol. The molecule has 0 saturated carbocycles. The van der Waals surface area contributed by atoms with E-state index in [9.17, 15) is 14.7 Å². The van der Waals surface area contributed by atoms with Crippen LogP contribution in [0.15, 0.2) is 22.7 Å². The van der Waals surface area contributed by atoms with Crippen molar-refractivity contribution in [2.24, 2.45) is 11.3 Å². The van der Waals surface area contributed by atoms with E-state index < -0.39 is 23.2 Å². The first-order valence-electron chi connectivity index (χ1n) is 5.62. The van der Waals surface area contributed by atoms with Crippen LogP contribution in [0.25, 0.3) is 0 Å². The summed E-state index contributed by atoms with van der Waals surface area (Å²) in [5, 5.41) is 12.2. The Morgan fingerprint density at radius 3 is 2.42 bits per heavy atom. The number of amides is 1. The number of rotatable bonds is 3. The zero-order chi connectivity index (χ0) is 14.8. The zero-order valence-corrected chi connectivity index (χ0v) is 13.2. The van der Waals surface area contributed by atoms with Gasteiger partial charge >= 0.3 is 5.97 Å². The van der Waals surface area contributed by atoms with Crippen molar-refractivity contribution in [3.8, 4) is 0 Å². The number of anilines is 1. The molecule has 0 aliphatic heterocycles. The Bertz CT molecular complexity index is 511. The lowest BCUT2D eigenvalue weighted by atomic mass is 9.80. The van der Waals surface area contributed by atoms with E-state index in [1.165, 1.54) is 0 Å². The zero-order valence-electron chi connectivity index (χ0n) is 10.8. The molecular weight excluding hydrogens is 334 g/mol. The summed E-state index contributed by atoms with van der Waals surface area (Å²) in [6.07, 6.45) is 0. The first kappa shape index (κ1) is 16.0. The Morgan fingerprint density at radius 2 is 1.95 bits per heavy atom. The Hall–Kier alpha value is -1.07. The molecule has 104 valence electrons. The maximum atomic E-state index is 12.1. The summed E-state index contributed by atoms with van der Waals surface area (Å²) >= 11 is 9.17. The summed E-state index contributed by atoms with van der Waals surface area (Å²) < 4.78 is 0.531. The Balaban J connectivity index is 3.01. The fourth-order valence-corrected chi connectivity index (χ4v) is 2.22. The van der Waals surface area contributed by atoms with Crippen molar-refractivity contribution in [2.75, 3.05) is 5.32 Å². The van der Waals surface area contributed by atoms with Crippen molar-refractivity contribution in [3.63, 3.8) is 0 Å². The van der Waals surface area contributed by atoms with Gasteiger partial charge in [0.25, 0.3) is 0 Å². The van der Waals surface area contributed by atoms with E-state index in [2.05, 4.69) is 21.2 Å². The second-order valence-electron chi connectivity index (χ2n) is 5.23. The van der Waals surface area contributed by atoms with Crippen LogP contribution < -0.4 is 5.32 Å². The van der Waals surface area contributed by atoms with E-state index in [-0.39, 0.29) is 0 Å². The highest BCUT2D eigenvalue weighted by atomic mass is 79.9. The van der Waals surface area contributed by atoms with Crippen LogP contribution in [0.4, 0.5) is 5.69 Å². The van der Waals surface area contributed by atoms with Gasteiger partial charge in [-0.3, -0.25) is 9.59 Å². The number of benzene rings is 1. The molecule has 0 bridgehead atoms. The maximum Gasteiger partial charge on any atom is 0.316 e. The van der Waals surface area contributed by atoms with E-state index >= 15 is 0 Å². The van der Waals surface area contributed by atoms with Crippen molar-refractivity contribution < 1.29 is 14.7 Å². The van der Waals surface area contributed by atoms with E-state index in [1.807, 2.05) is 0 Å². The lowest BCUT2D eigenvalue weighted by molar-refractivity contribution is -0.149. The van der Waals surface area contributed by atoms with Crippen molar-refractivity contribution in [3.05, 3.63) is 27.7 Å². The van der Waals surface area contributed by atoms with Crippen molar-refractivity contribution >= 4 is 45.1 Å². The normalized spacial score (nSPS) is 12.9. The van der Waals surface area contributed by atoms with E-state index in [4.69, 9.17) is 11.6 Å². The molecule has 19 heavy (non-hydrogen) atoms. The fourth-order valence-electron chi connectivity index (χ4n) is 1.68. The second-order valence-corrected chi connectivity index (χ2v) is 6.43. The van der Waals surface area contributed by atoms with E-state index in [0.29, 0.717) is 15.2 Å². The first-order chi connectivity index (χ1) is 8.64. The summed E-state index contributed by atoms with van der Waals surface area (Å²) in [4.78, 5) is 23.3. The van der Waals surface area contributed by atoms with Gasteiger partial charge in [-0.2, -0.15) is 0 Å². The molecule has 1 unspecified atom stereocenters. The Labute approximate surface area is 125 Å². The van der Waals surface area contributed by atoms with Crippen LogP contribution in [-0.2, 0) is 9.59 Å². The molecule has 1 aromatic rings. The Morgan fingerprint density at radius 1 is 1.37 bits per heavy atom. The van der Waals surface area contributed by atoms with Crippen LogP contribution in [0.1, 0.15) is 20.8 Å². The minimum absolute atomic E-state index is 0.445. The molecule has 0 fully saturated rings. The number of carbonyl (C=O) groups is 2. The van der Waals surface area contributed by atoms with Gasteiger partial charge in [0, 0.05) is 0 Å². The molecule has 0 spiro atoms. The topological polar surface area (TPSA) is 66.4 Å². The van der Waals surface area contributed by atoms with Crippen LogP contribution in [0.3, 0.4) is 0 Å². The molecule has 1 rings (SSSR count). The molecule has 0 aliphatic rings. The summed E-state index contributed by atoms with van der Waals surface area (Å²) in [6, 6.07) is 4.99. The number of carboxylic acids is 1. The number of halogens is 2. The van der Waals surface area contributed by atoms with Gasteiger partial charge in [0.1, 0.15) is 5.92 Å². The molecule has 0 heterocycles. The second kappa shape index (κ2) is 5.92. The lowest BCUT2D eigenvalue weighted by Gasteiger charge is -2.26. The smallest absolute Gasteiger partial charge is 0.316 e. The molecule has 1 aromatic carbocycles. The highest BCUT2D eigenvalue weighted by molar-refractivity contribution is 9.10. The van der Waals surface area contributed by atoms with Gasteiger partial charge in [0.05, 0.1) is 15.2 Å². The maximum absolute atomic E-state index is 12.1. The third kappa shape index (κ3) is 3.94. The molecule has 0 radical (unpaired) electrons. The number of carboxylic acid groups (broad SMARTS) is 1. The van der Waals surface area contributed by atoms with Crippen LogP contribution in [-0.4, -0.2) is 17.0 Å². The quantitative estimate of drug-likeness (QED) is 0.817. The van der Waals surface area contributed by atoms with Crippen LogP contribution in [0, 0.1) is 11.3 Å². The molecule has 0 aromatic heterocycles. The summed E-state index contributed by atoms with van der Waals surface area (Å²) in [5.74, 6) is -2.86. The van der Waals surface area contributed by atoms with Crippen LogP contribution in [0.5, 0.6) is 0 Å².